The summed E-state index contributed by atoms with van der Waals surface area (Å²) in [7, 11) is 0. The number of para-hydroxylation sites is 2. The lowest BCUT2D eigenvalue weighted by atomic mass is 10.1. The van der Waals surface area contributed by atoms with E-state index in [1.807, 2.05) is 48.2 Å². The predicted octanol–water partition coefficient (Wildman–Crippen LogP) is 4.33. The topological polar surface area (TPSA) is 54.3 Å². The fourth-order valence-corrected chi connectivity index (χ4v) is 5.36. The number of amides is 1. The van der Waals surface area contributed by atoms with Gasteiger partial charge in [0.15, 0.2) is 5.16 Å². The summed E-state index contributed by atoms with van der Waals surface area (Å²) in [5, 5.41) is 9.59. The molecule has 1 unspecified atom stereocenters. The Kier molecular flexibility index (Phi) is 5.68. The minimum atomic E-state index is -0.257. The van der Waals surface area contributed by atoms with Crippen molar-refractivity contribution >= 4 is 29.3 Å². The summed E-state index contributed by atoms with van der Waals surface area (Å²) in [4.78, 5) is 17.5. The van der Waals surface area contributed by atoms with Crippen LogP contribution < -0.4 is 9.80 Å². The Morgan fingerprint density at radius 2 is 1.68 bits per heavy atom. The summed E-state index contributed by atoms with van der Waals surface area (Å²) in [6, 6.07) is 18.4. The number of benzene rings is 2. The van der Waals surface area contributed by atoms with Crippen molar-refractivity contribution in [3.05, 3.63) is 60.2 Å². The smallest absolute Gasteiger partial charge is 0.240 e. The van der Waals surface area contributed by atoms with Crippen molar-refractivity contribution < 1.29 is 4.79 Å². The molecule has 1 aromatic heterocycles. The Bertz CT molecular complexity index is 1060. The van der Waals surface area contributed by atoms with Gasteiger partial charge in [0.05, 0.1) is 10.9 Å². The van der Waals surface area contributed by atoms with Gasteiger partial charge >= 0.3 is 0 Å². The van der Waals surface area contributed by atoms with E-state index in [9.17, 15) is 4.79 Å². The summed E-state index contributed by atoms with van der Waals surface area (Å²) in [5.41, 5.74) is 3.31. The van der Waals surface area contributed by atoms with Crippen LogP contribution in [0.25, 0.3) is 5.69 Å². The highest BCUT2D eigenvalue weighted by atomic mass is 32.2. The van der Waals surface area contributed by atoms with Crippen LogP contribution in [0.5, 0.6) is 0 Å². The third-order valence-corrected chi connectivity index (χ3v) is 7.08. The normalized spacial score (nSPS) is 16.9. The first kappa shape index (κ1) is 20.1. The Balaban J connectivity index is 1.42. The molecule has 3 aromatic rings. The molecule has 6 nitrogen and oxygen atoms in total. The fourth-order valence-electron chi connectivity index (χ4n) is 4.44. The maximum atomic E-state index is 13.3. The molecule has 0 bridgehead atoms. The lowest BCUT2D eigenvalue weighted by molar-refractivity contribution is -0.117. The van der Waals surface area contributed by atoms with E-state index in [0.717, 1.165) is 48.5 Å². The van der Waals surface area contributed by atoms with Crippen LogP contribution in [-0.4, -0.2) is 45.6 Å². The van der Waals surface area contributed by atoms with Gasteiger partial charge in [0.2, 0.25) is 11.9 Å². The molecule has 2 aliphatic rings. The molecule has 0 aliphatic carbocycles. The summed E-state index contributed by atoms with van der Waals surface area (Å²) in [6.07, 6.45) is 4.53. The number of rotatable bonds is 5. The maximum Gasteiger partial charge on any atom is 0.240 e. The number of thioether (sulfide) groups is 1. The van der Waals surface area contributed by atoms with Gasteiger partial charge < -0.3 is 9.80 Å². The SMILES string of the molecule is CC(Sc1nnc(N2CCCCC2)n1-c1ccccc1)C(=O)N1CCc2ccccc21. The van der Waals surface area contributed by atoms with Gasteiger partial charge in [-0.1, -0.05) is 48.2 Å². The zero-order chi connectivity index (χ0) is 21.2. The van der Waals surface area contributed by atoms with Crippen LogP contribution in [0.1, 0.15) is 31.7 Å². The number of piperidine rings is 1. The van der Waals surface area contributed by atoms with Gasteiger partial charge in [-0.15, -0.1) is 10.2 Å². The maximum absolute atomic E-state index is 13.3. The van der Waals surface area contributed by atoms with Gasteiger partial charge in [0, 0.05) is 25.3 Å². The molecule has 2 aliphatic heterocycles. The van der Waals surface area contributed by atoms with E-state index in [4.69, 9.17) is 0 Å². The van der Waals surface area contributed by atoms with Crippen molar-refractivity contribution in [2.75, 3.05) is 29.4 Å². The van der Waals surface area contributed by atoms with Gasteiger partial charge in [0.1, 0.15) is 0 Å². The molecule has 0 N–H and O–H groups in total. The summed E-state index contributed by atoms with van der Waals surface area (Å²) < 4.78 is 2.11. The number of carbonyl (C=O) groups is 1. The highest BCUT2D eigenvalue weighted by Gasteiger charge is 2.30. The van der Waals surface area contributed by atoms with Gasteiger partial charge in [-0.3, -0.25) is 9.36 Å². The Morgan fingerprint density at radius 1 is 0.935 bits per heavy atom. The van der Waals surface area contributed by atoms with Crippen LogP contribution >= 0.6 is 11.8 Å². The Morgan fingerprint density at radius 3 is 2.48 bits per heavy atom. The summed E-state index contributed by atoms with van der Waals surface area (Å²) in [5.74, 6) is 0.997. The molecular weight excluding hydrogens is 406 g/mol. The van der Waals surface area contributed by atoms with Gasteiger partial charge in [-0.25, -0.2) is 0 Å². The molecule has 1 saturated heterocycles. The molecule has 1 fully saturated rings. The molecule has 1 amide bonds. The van der Waals surface area contributed by atoms with Crippen molar-refractivity contribution in [1.82, 2.24) is 14.8 Å². The third kappa shape index (κ3) is 3.94. The predicted molar refractivity (Wildman–Crippen MR) is 125 cm³/mol. The monoisotopic (exact) mass is 433 g/mol. The molecule has 2 aromatic carbocycles. The van der Waals surface area contributed by atoms with Crippen LogP contribution in [0.3, 0.4) is 0 Å². The molecule has 5 rings (SSSR count). The number of carbonyl (C=O) groups excluding carboxylic acids is 1. The zero-order valence-corrected chi connectivity index (χ0v) is 18.6. The first-order valence-corrected chi connectivity index (χ1v) is 11.9. The molecular formula is C24H27N5OS. The van der Waals surface area contributed by atoms with Crippen LogP contribution in [-0.2, 0) is 11.2 Å². The zero-order valence-electron chi connectivity index (χ0n) is 17.8. The fraction of sp³-hybridized carbons (Fsp3) is 0.375. The van der Waals surface area contributed by atoms with E-state index < -0.39 is 0 Å². The molecule has 0 saturated carbocycles. The number of hydrogen-bond acceptors (Lipinski definition) is 5. The van der Waals surface area contributed by atoms with E-state index in [0.29, 0.717) is 0 Å². The van der Waals surface area contributed by atoms with E-state index in [1.54, 1.807) is 0 Å². The molecule has 0 spiro atoms. The van der Waals surface area contributed by atoms with E-state index in [-0.39, 0.29) is 11.2 Å². The number of fused-ring (bicyclic) bond motifs is 1. The van der Waals surface area contributed by atoms with Crippen molar-refractivity contribution in [3.63, 3.8) is 0 Å². The minimum Gasteiger partial charge on any atom is -0.341 e. The van der Waals surface area contributed by atoms with Crippen LogP contribution in [0, 0.1) is 0 Å². The average Bonchev–Trinajstić information content (AvgIpc) is 3.44. The molecule has 31 heavy (non-hydrogen) atoms. The molecule has 1 atom stereocenters. The van der Waals surface area contributed by atoms with Crippen LogP contribution in [0.4, 0.5) is 11.6 Å². The van der Waals surface area contributed by atoms with Crippen molar-refractivity contribution in [2.24, 2.45) is 0 Å². The van der Waals surface area contributed by atoms with Gasteiger partial charge in [-0.05, 0) is 56.4 Å². The number of aromatic nitrogens is 3. The molecule has 0 radical (unpaired) electrons. The quantitative estimate of drug-likeness (QED) is 0.561. The van der Waals surface area contributed by atoms with Crippen molar-refractivity contribution in [1.29, 1.82) is 0 Å². The Labute approximate surface area is 187 Å². The molecule has 160 valence electrons. The third-order valence-electron chi connectivity index (χ3n) is 6.05. The molecule has 3 heterocycles. The second kappa shape index (κ2) is 8.75. The highest BCUT2D eigenvalue weighted by Crippen LogP contribution is 2.33. The largest absolute Gasteiger partial charge is 0.341 e. The minimum absolute atomic E-state index is 0.122. The first-order chi connectivity index (χ1) is 15.2. The van der Waals surface area contributed by atoms with Crippen LogP contribution in [0.2, 0.25) is 0 Å². The van der Waals surface area contributed by atoms with Gasteiger partial charge in [-0.2, -0.15) is 0 Å². The highest BCUT2D eigenvalue weighted by molar-refractivity contribution is 8.00. The number of anilines is 2. The standard InChI is InChI=1S/C24H27N5OS/c1-18(22(30)28-17-14-19-10-6-7-13-21(19)28)31-24-26-25-23(27-15-8-3-9-16-27)29(24)20-11-4-2-5-12-20/h2,4-7,10-13,18H,3,8-9,14-17H2,1H3. The second-order valence-corrected chi connectivity index (χ2v) is 9.44. The second-order valence-electron chi connectivity index (χ2n) is 8.13. The summed E-state index contributed by atoms with van der Waals surface area (Å²) in [6.45, 7) is 4.70. The lowest BCUT2D eigenvalue weighted by Gasteiger charge is -2.28. The summed E-state index contributed by atoms with van der Waals surface area (Å²) >= 11 is 1.49. The number of nitrogens with zero attached hydrogens (tertiary/aromatic N) is 5. The van der Waals surface area contributed by atoms with E-state index in [1.165, 1.54) is 36.6 Å². The lowest BCUT2D eigenvalue weighted by Crippen LogP contribution is -2.35. The van der Waals surface area contributed by atoms with Crippen LogP contribution in [0.15, 0.2) is 59.8 Å². The van der Waals surface area contributed by atoms with Gasteiger partial charge in [0.25, 0.3) is 0 Å². The average molecular weight is 434 g/mol. The molecule has 7 heteroatoms. The van der Waals surface area contributed by atoms with Crippen molar-refractivity contribution in [3.8, 4) is 5.69 Å². The number of hydrogen-bond donors (Lipinski definition) is 0. The van der Waals surface area contributed by atoms with E-state index >= 15 is 0 Å². The first-order valence-electron chi connectivity index (χ1n) is 11.0. The Hall–Kier alpha value is -2.80. The van der Waals surface area contributed by atoms with E-state index in [2.05, 4.69) is 37.9 Å². The van der Waals surface area contributed by atoms with Crippen molar-refractivity contribution in [2.45, 2.75) is 43.0 Å².